The fourth-order valence-corrected chi connectivity index (χ4v) is 2.07. The largest absolute Gasteiger partial charge is 0.488 e. The maximum absolute atomic E-state index is 11.9. The molecule has 0 radical (unpaired) electrons. The molecule has 98 valence electrons. The quantitative estimate of drug-likeness (QED) is 0.472. The Hall–Kier alpha value is -0.595. The van der Waals surface area contributed by atoms with Gasteiger partial charge in [0.1, 0.15) is 5.60 Å². The van der Waals surface area contributed by atoms with Crippen LogP contribution >= 0.6 is 22.6 Å². The second kappa shape index (κ2) is 5.58. The molecule has 0 aliphatic rings. The summed E-state index contributed by atoms with van der Waals surface area (Å²) in [6.07, 6.45) is 0. The van der Waals surface area contributed by atoms with Gasteiger partial charge in [-0.2, -0.15) is 0 Å². The van der Waals surface area contributed by atoms with Crippen molar-refractivity contribution in [2.24, 2.45) is 0 Å². The van der Waals surface area contributed by atoms with Gasteiger partial charge in [-0.15, -0.1) is 0 Å². The monoisotopic (exact) mass is 362 g/mol. The van der Waals surface area contributed by atoms with E-state index in [2.05, 4.69) is 0 Å². The average molecular weight is 362 g/mol. The molecule has 0 fully saturated rings. The summed E-state index contributed by atoms with van der Waals surface area (Å²) < 4.78 is 6.04. The molecule has 0 unspecified atom stereocenters. The molecule has 1 aromatic rings. The van der Waals surface area contributed by atoms with E-state index in [-0.39, 0.29) is 0 Å². The van der Waals surface area contributed by atoms with Gasteiger partial charge in [-0.1, -0.05) is 0 Å². The Bertz CT molecular complexity index is 466. The lowest BCUT2D eigenvalue weighted by molar-refractivity contribution is 0.00696. The van der Waals surface area contributed by atoms with Crippen molar-refractivity contribution in [2.75, 3.05) is 0 Å². The highest BCUT2D eigenvalue weighted by Gasteiger charge is 2.22. The third kappa shape index (κ3) is 3.96. The lowest BCUT2D eigenvalue weighted by Crippen LogP contribution is -2.34. The van der Waals surface area contributed by atoms with Crippen molar-refractivity contribution in [2.45, 2.75) is 33.3 Å². The van der Waals surface area contributed by atoms with Crippen LogP contribution in [0.25, 0.3) is 0 Å². The SMILES string of the molecule is Cc1c(I)cc(C(=O)OC(C)(C)C)cc1B(O)O. The Morgan fingerprint density at radius 3 is 2.33 bits per heavy atom. The summed E-state index contributed by atoms with van der Waals surface area (Å²) in [6, 6.07) is 3.13. The van der Waals surface area contributed by atoms with Gasteiger partial charge >= 0.3 is 13.1 Å². The van der Waals surface area contributed by atoms with Gasteiger partial charge in [-0.3, -0.25) is 0 Å². The zero-order valence-corrected chi connectivity index (χ0v) is 13.0. The Morgan fingerprint density at radius 1 is 1.33 bits per heavy atom. The summed E-state index contributed by atoms with van der Waals surface area (Å²) in [4.78, 5) is 11.9. The third-order valence-corrected chi connectivity index (χ3v) is 3.42. The minimum absolute atomic E-state index is 0.322. The standard InChI is InChI=1S/C12H16BIO4/c1-7-9(13(16)17)5-8(6-10(7)14)11(15)18-12(2,3)4/h5-6,16-17H,1-4H3. The summed E-state index contributed by atoms with van der Waals surface area (Å²) >= 11 is 2.05. The van der Waals surface area contributed by atoms with Crippen molar-refractivity contribution in [1.29, 1.82) is 0 Å². The zero-order chi connectivity index (χ0) is 14.1. The van der Waals surface area contributed by atoms with E-state index in [4.69, 9.17) is 4.74 Å². The van der Waals surface area contributed by atoms with Gasteiger partial charge in [0.05, 0.1) is 5.56 Å². The second-order valence-corrected chi connectivity index (χ2v) is 6.21. The van der Waals surface area contributed by atoms with E-state index in [1.807, 2.05) is 22.6 Å². The second-order valence-electron chi connectivity index (χ2n) is 5.05. The van der Waals surface area contributed by atoms with Crippen LogP contribution in [-0.2, 0) is 4.74 Å². The average Bonchev–Trinajstić information content (AvgIpc) is 2.18. The van der Waals surface area contributed by atoms with E-state index >= 15 is 0 Å². The maximum atomic E-state index is 11.9. The first-order valence-corrected chi connectivity index (χ1v) is 6.59. The highest BCUT2D eigenvalue weighted by atomic mass is 127. The number of ether oxygens (including phenoxy) is 1. The van der Waals surface area contributed by atoms with E-state index in [9.17, 15) is 14.8 Å². The van der Waals surface area contributed by atoms with Crippen molar-refractivity contribution in [3.8, 4) is 0 Å². The number of hydrogen-bond acceptors (Lipinski definition) is 4. The van der Waals surface area contributed by atoms with E-state index in [0.717, 1.165) is 9.13 Å². The smallest absolute Gasteiger partial charge is 0.456 e. The Morgan fingerprint density at radius 2 is 1.89 bits per heavy atom. The van der Waals surface area contributed by atoms with Gasteiger partial charge < -0.3 is 14.8 Å². The molecule has 0 heterocycles. The van der Waals surface area contributed by atoms with Crippen molar-refractivity contribution in [1.82, 2.24) is 0 Å². The molecule has 0 atom stereocenters. The van der Waals surface area contributed by atoms with Crippen LogP contribution in [0.1, 0.15) is 36.7 Å². The molecule has 0 aliphatic heterocycles. The predicted octanol–water partition coefficient (Wildman–Crippen LogP) is 1.23. The van der Waals surface area contributed by atoms with Gasteiger partial charge in [0.2, 0.25) is 0 Å². The molecule has 0 spiro atoms. The molecule has 0 amide bonds. The normalized spacial score (nSPS) is 11.3. The van der Waals surface area contributed by atoms with Crippen LogP contribution in [0, 0.1) is 10.5 Å². The van der Waals surface area contributed by atoms with Crippen molar-refractivity contribution >= 4 is 41.1 Å². The van der Waals surface area contributed by atoms with Crippen LogP contribution in [0.3, 0.4) is 0 Å². The van der Waals surface area contributed by atoms with E-state index in [0.29, 0.717) is 11.0 Å². The summed E-state index contributed by atoms with van der Waals surface area (Å²) in [5.41, 5.74) is 0.814. The van der Waals surface area contributed by atoms with E-state index in [1.165, 1.54) is 6.07 Å². The number of rotatable bonds is 2. The Kier molecular flexibility index (Phi) is 4.80. The molecule has 18 heavy (non-hydrogen) atoms. The third-order valence-electron chi connectivity index (χ3n) is 2.30. The molecular formula is C12H16BIO4. The number of carbonyl (C=O) groups is 1. The zero-order valence-electron chi connectivity index (χ0n) is 10.8. The fourth-order valence-electron chi connectivity index (χ4n) is 1.42. The van der Waals surface area contributed by atoms with Gasteiger partial charge in [0.15, 0.2) is 0 Å². The van der Waals surface area contributed by atoms with Crippen LogP contribution in [0.15, 0.2) is 12.1 Å². The summed E-state index contributed by atoms with van der Waals surface area (Å²) in [6.45, 7) is 7.12. The first kappa shape index (κ1) is 15.5. The number of esters is 1. The number of hydrogen-bond donors (Lipinski definition) is 2. The van der Waals surface area contributed by atoms with Crippen molar-refractivity contribution < 1.29 is 19.6 Å². The van der Waals surface area contributed by atoms with Crippen LogP contribution in [-0.4, -0.2) is 28.7 Å². The van der Waals surface area contributed by atoms with Crippen LogP contribution in [0.2, 0.25) is 0 Å². The topological polar surface area (TPSA) is 66.8 Å². The van der Waals surface area contributed by atoms with Crippen LogP contribution in [0.4, 0.5) is 0 Å². The molecule has 0 saturated heterocycles. The van der Waals surface area contributed by atoms with Gasteiger partial charge in [0, 0.05) is 3.57 Å². The molecular weight excluding hydrogens is 346 g/mol. The molecule has 6 heteroatoms. The molecule has 0 saturated carbocycles. The fraction of sp³-hybridized carbons (Fsp3) is 0.417. The molecule has 1 rings (SSSR count). The molecule has 4 nitrogen and oxygen atoms in total. The lowest BCUT2D eigenvalue weighted by Gasteiger charge is -2.20. The van der Waals surface area contributed by atoms with Gasteiger partial charge in [-0.05, 0) is 73.4 Å². The van der Waals surface area contributed by atoms with Crippen molar-refractivity contribution in [3.05, 3.63) is 26.8 Å². The first-order chi connectivity index (χ1) is 8.11. The molecule has 1 aromatic carbocycles. The molecule has 0 aliphatic carbocycles. The summed E-state index contributed by atoms with van der Waals surface area (Å²) in [5, 5.41) is 18.5. The van der Waals surface area contributed by atoms with Gasteiger partial charge in [-0.25, -0.2) is 4.79 Å². The molecule has 2 N–H and O–H groups in total. The van der Waals surface area contributed by atoms with Gasteiger partial charge in [0.25, 0.3) is 0 Å². The number of benzene rings is 1. The highest BCUT2D eigenvalue weighted by molar-refractivity contribution is 14.1. The molecule has 0 bridgehead atoms. The number of carbonyl (C=O) groups excluding carboxylic acids is 1. The van der Waals surface area contributed by atoms with Crippen molar-refractivity contribution in [3.63, 3.8) is 0 Å². The minimum atomic E-state index is -1.60. The van der Waals surface area contributed by atoms with E-state index in [1.54, 1.807) is 33.8 Å². The Labute approximate surface area is 121 Å². The lowest BCUT2D eigenvalue weighted by atomic mass is 9.76. The van der Waals surface area contributed by atoms with Crippen LogP contribution < -0.4 is 5.46 Å². The maximum Gasteiger partial charge on any atom is 0.488 e. The predicted molar refractivity (Wildman–Crippen MR) is 78.9 cm³/mol. The highest BCUT2D eigenvalue weighted by Crippen LogP contribution is 2.16. The molecule has 0 aromatic heterocycles. The summed E-state index contributed by atoms with van der Waals surface area (Å²) in [5.74, 6) is -0.470. The Balaban J connectivity index is 3.15. The first-order valence-electron chi connectivity index (χ1n) is 5.51. The van der Waals surface area contributed by atoms with E-state index < -0.39 is 18.7 Å². The number of halogens is 1. The van der Waals surface area contributed by atoms with Crippen LogP contribution in [0.5, 0.6) is 0 Å². The summed E-state index contributed by atoms with van der Waals surface area (Å²) in [7, 11) is -1.60. The minimum Gasteiger partial charge on any atom is -0.456 e.